The molecule has 1 atom stereocenters. The number of carbonyl (C=O) groups is 1. The number of halogens is 1. The molecule has 2 rings (SSSR count). The molecule has 1 aromatic heterocycles. The number of rotatable bonds is 8. The molecule has 1 aromatic carbocycles. The molecule has 0 fully saturated rings. The van der Waals surface area contributed by atoms with Gasteiger partial charge in [-0.3, -0.25) is 9.78 Å². The van der Waals surface area contributed by atoms with E-state index in [0.717, 1.165) is 16.4 Å². The van der Waals surface area contributed by atoms with Crippen molar-refractivity contribution in [3.63, 3.8) is 0 Å². The zero-order chi connectivity index (χ0) is 19.2. The average molecular weight is 375 g/mol. The number of nitrogens with zero attached hydrogens (tertiary/aromatic N) is 3. The number of hydrogen-bond donors (Lipinski definition) is 0. The molecule has 8 heteroatoms. The highest BCUT2D eigenvalue weighted by Gasteiger charge is 2.23. The van der Waals surface area contributed by atoms with Gasteiger partial charge in [-0.05, 0) is 42.8 Å². The van der Waals surface area contributed by atoms with E-state index in [1.54, 1.807) is 18.2 Å². The Kier molecular flexibility index (Phi) is 6.55. The number of ketones is 1. The molecule has 0 aliphatic heterocycles. The average Bonchev–Trinajstić information content (AvgIpc) is 2.63. The van der Waals surface area contributed by atoms with Crippen molar-refractivity contribution in [2.24, 2.45) is 0 Å². The Bertz CT molecular complexity index is 894. The van der Waals surface area contributed by atoms with Gasteiger partial charge in [0.25, 0.3) is 0 Å². The second kappa shape index (κ2) is 8.65. The van der Waals surface area contributed by atoms with E-state index in [9.17, 15) is 22.9 Å². The number of carbonyl (C=O) groups excluding carboxylic acids is 1. The van der Waals surface area contributed by atoms with Crippen molar-refractivity contribution in [2.75, 3.05) is 13.6 Å². The van der Waals surface area contributed by atoms with Gasteiger partial charge >= 0.3 is 0 Å². The van der Waals surface area contributed by atoms with E-state index in [1.165, 1.54) is 25.4 Å². The maximum Gasteiger partial charge on any atom is 0.242 e. The third-order valence-corrected chi connectivity index (χ3v) is 5.72. The zero-order valence-electron chi connectivity index (χ0n) is 14.2. The Labute approximate surface area is 152 Å². The fourth-order valence-corrected chi connectivity index (χ4v) is 3.59. The molecule has 0 aliphatic carbocycles. The van der Waals surface area contributed by atoms with E-state index in [1.807, 2.05) is 6.07 Å². The van der Waals surface area contributed by atoms with Crippen molar-refractivity contribution in [3.8, 4) is 6.07 Å². The largest absolute Gasteiger partial charge is 0.298 e. The van der Waals surface area contributed by atoms with Crippen LogP contribution in [-0.2, 0) is 14.8 Å². The Morgan fingerprint density at radius 3 is 2.54 bits per heavy atom. The van der Waals surface area contributed by atoms with Crippen LogP contribution in [0.25, 0.3) is 0 Å². The van der Waals surface area contributed by atoms with Crippen molar-refractivity contribution in [3.05, 3.63) is 60.2 Å². The molecule has 136 valence electrons. The Morgan fingerprint density at radius 1 is 1.27 bits per heavy atom. The van der Waals surface area contributed by atoms with Gasteiger partial charge in [0.2, 0.25) is 10.0 Å². The highest BCUT2D eigenvalue weighted by atomic mass is 32.2. The first-order chi connectivity index (χ1) is 12.4. The van der Waals surface area contributed by atoms with Crippen molar-refractivity contribution in [2.45, 2.75) is 23.7 Å². The number of Topliss-reactive ketones (excluding diaryl/α,β-unsaturated/α-hetero) is 1. The van der Waals surface area contributed by atoms with Gasteiger partial charge in [-0.15, -0.1) is 0 Å². The summed E-state index contributed by atoms with van der Waals surface area (Å²) in [7, 11) is -2.36. The minimum atomic E-state index is -3.75. The third kappa shape index (κ3) is 4.71. The number of sulfonamides is 1. The van der Waals surface area contributed by atoms with Gasteiger partial charge in [0.05, 0.1) is 16.7 Å². The second-order valence-electron chi connectivity index (χ2n) is 5.67. The molecule has 26 heavy (non-hydrogen) atoms. The lowest BCUT2D eigenvalue weighted by molar-refractivity contribution is -0.119. The maximum atomic E-state index is 12.9. The van der Waals surface area contributed by atoms with Crippen LogP contribution in [0.2, 0.25) is 0 Å². The molecule has 0 radical (unpaired) electrons. The van der Waals surface area contributed by atoms with Crippen molar-refractivity contribution >= 4 is 15.8 Å². The molecule has 2 aromatic rings. The van der Waals surface area contributed by atoms with Gasteiger partial charge in [0.15, 0.2) is 5.78 Å². The molecule has 6 nitrogen and oxygen atoms in total. The quantitative estimate of drug-likeness (QED) is 0.707. The van der Waals surface area contributed by atoms with Crippen LogP contribution in [0.15, 0.2) is 53.6 Å². The highest BCUT2D eigenvalue weighted by molar-refractivity contribution is 7.89. The first kappa shape index (κ1) is 19.7. The van der Waals surface area contributed by atoms with Crippen molar-refractivity contribution in [1.29, 1.82) is 5.26 Å². The standard InChI is InChI=1S/C18H18FN3O3S/c1-22(26(24,25)15-9-7-14(19)8-10-15)12-4-6-18(23)16(13-20)17-5-2-3-11-21-17/h2-3,5,7-11,16H,4,6,12H2,1H3/t16-/m1/s1. The van der Waals surface area contributed by atoms with Gasteiger partial charge in [0.1, 0.15) is 11.7 Å². The molecule has 0 saturated carbocycles. The number of hydrogen-bond acceptors (Lipinski definition) is 5. The minimum absolute atomic E-state index is 0.0175. The summed E-state index contributed by atoms with van der Waals surface area (Å²) in [6.07, 6.45) is 1.83. The number of nitriles is 1. The summed E-state index contributed by atoms with van der Waals surface area (Å²) in [4.78, 5) is 16.2. The smallest absolute Gasteiger partial charge is 0.242 e. The van der Waals surface area contributed by atoms with Crippen molar-refractivity contribution < 1.29 is 17.6 Å². The van der Waals surface area contributed by atoms with E-state index in [0.29, 0.717) is 5.69 Å². The number of aromatic nitrogens is 1. The van der Waals surface area contributed by atoms with Crippen LogP contribution in [-0.4, -0.2) is 37.1 Å². The van der Waals surface area contributed by atoms with E-state index in [4.69, 9.17) is 0 Å². The minimum Gasteiger partial charge on any atom is -0.298 e. The first-order valence-electron chi connectivity index (χ1n) is 7.91. The summed E-state index contributed by atoms with van der Waals surface area (Å²) in [5.41, 5.74) is 0.382. The normalized spacial score (nSPS) is 12.5. The Balaban J connectivity index is 1.95. The molecule has 0 bridgehead atoms. The fraction of sp³-hybridized carbons (Fsp3) is 0.278. The fourth-order valence-electron chi connectivity index (χ4n) is 2.38. The molecular formula is C18H18FN3O3S. The van der Waals surface area contributed by atoms with Gasteiger partial charge in [-0.1, -0.05) is 6.07 Å². The van der Waals surface area contributed by atoms with Crippen LogP contribution in [0.1, 0.15) is 24.5 Å². The topological polar surface area (TPSA) is 91.1 Å². The van der Waals surface area contributed by atoms with Crippen LogP contribution >= 0.6 is 0 Å². The summed E-state index contributed by atoms with van der Waals surface area (Å²) in [6.45, 7) is 0.103. The van der Waals surface area contributed by atoms with Crippen LogP contribution in [0.3, 0.4) is 0 Å². The first-order valence-corrected chi connectivity index (χ1v) is 9.35. The van der Waals surface area contributed by atoms with Crippen LogP contribution in [0, 0.1) is 17.1 Å². The molecule has 0 N–H and O–H groups in total. The van der Waals surface area contributed by atoms with E-state index >= 15 is 0 Å². The third-order valence-electron chi connectivity index (χ3n) is 3.85. The zero-order valence-corrected chi connectivity index (χ0v) is 15.0. The molecular weight excluding hydrogens is 357 g/mol. The number of benzene rings is 1. The second-order valence-corrected chi connectivity index (χ2v) is 7.71. The van der Waals surface area contributed by atoms with Gasteiger partial charge < -0.3 is 0 Å². The van der Waals surface area contributed by atoms with E-state index in [-0.39, 0.29) is 30.1 Å². The van der Waals surface area contributed by atoms with Gasteiger partial charge in [-0.25, -0.2) is 17.1 Å². The molecule has 0 amide bonds. The lowest BCUT2D eigenvalue weighted by Gasteiger charge is -2.17. The maximum absolute atomic E-state index is 12.9. The summed E-state index contributed by atoms with van der Waals surface area (Å²) < 4.78 is 38.8. The monoisotopic (exact) mass is 375 g/mol. The summed E-state index contributed by atoms with van der Waals surface area (Å²) in [5.74, 6) is -1.79. The molecule has 0 aliphatic rings. The van der Waals surface area contributed by atoms with Crippen LogP contribution in [0.4, 0.5) is 4.39 Å². The molecule has 1 heterocycles. The predicted octanol–water partition coefficient (Wildman–Crippen LogP) is 2.50. The van der Waals surface area contributed by atoms with Crippen molar-refractivity contribution in [1.82, 2.24) is 9.29 Å². The van der Waals surface area contributed by atoms with Gasteiger partial charge in [0, 0.05) is 26.2 Å². The lowest BCUT2D eigenvalue weighted by atomic mass is 9.98. The van der Waals surface area contributed by atoms with E-state index < -0.39 is 21.8 Å². The predicted molar refractivity (Wildman–Crippen MR) is 93.0 cm³/mol. The molecule has 0 spiro atoms. The van der Waals surface area contributed by atoms with Crippen LogP contribution in [0.5, 0.6) is 0 Å². The molecule has 0 unspecified atom stereocenters. The van der Waals surface area contributed by atoms with Crippen LogP contribution < -0.4 is 0 Å². The van der Waals surface area contributed by atoms with Gasteiger partial charge in [-0.2, -0.15) is 5.26 Å². The lowest BCUT2D eigenvalue weighted by Crippen LogP contribution is -2.28. The highest BCUT2D eigenvalue weighted by Crippen LogP contribution is 2.18. The summed E-state index contributed by atoms with van der Waals surface area (Å²) >= 11 is 0. The Morgan fingerprint density at radius 2 is 1.96 bits per heavy atom. The summed E-state index contributed by atoms with van der Waals surface area (Å²) in [6, 6.07) is 11.5. The SMILES string of the molecule is CN(CCCC(=O)[C@H](C#N)c1ccccn1)S(=O)(=O)c1ccc(F)cc1. The number of pyridine rings is 1. The van der Waals surface area contributed by atoms with E-state index in [2.05, 4.69) is 4.98 Å². The summed E-state index contributed by atoms with van der Waals surface area (Å²) in [5, 5.41) is 9.21. The molecule has 0 saturated heterocycles. The Hall–Kier alpha value is -2.63.